The van der Waals surface area contributed by atoms with Crippen molar-refractivity contribution in [3.05, 3.63) is 35.4 Å². The molecule has 1 heterocycles. The van der Waals surface area contributed by atoms with E-state index in [0.717, 1.165) is 63.4 Å². The molecule has 0 amide bonds. The highest BCUT2D eigenvalue weighted by molar-refractivity contribution is 14.0. The SMILES string of the molecule is CN=C(NCCSCc1ccc(C)cc1)NCCN1CCOCC1.I. The first-order valence-electron chi connectivity index (χ1n) is 8.66. The van der Waals surface area contributed by atoms with Gasteiger partial charge in [0.05, 0.1) is 13.2 Å². The maximum Gasteiger partial charge on any atom is 0.191 e. The molecule has 2 N–H and O–H groups in total. The number of hydrogen-bond donors (Lipinski definition) is 2. The van der Waals surface area contributed by atoms with Gasteiger partial charge in [-0.3, -0.25) is 9.89 Å². The summed E-state index contributed by atoms with van der Waals surface area (Å²) < 4.78 is 5.36. The van der Waals surface area contributed by atoms with Gasteiger partial charge >= 0.3 is 0 Å². The van der Waals surface area contributed by atoms with E-state index in [4.69, 9.17) is 4.74 Å². The molecule has 1 aliphatic heterocycles. The van der Waals surface area contributed by atoms with Crippen LogP contribution in [0.2, 0.25) is 0 Å². The Balaban J connectivity index is 0.00000312. The highest BCUT2D eigenvalue weighted by atomic mass is 127. The smallest absolute Gasteiger partial charge is 0.191 e. The number of rotatable bonds is 8. The second-order valence-corrected chi connectivity index (χ2v) is 7.02. The highest BCUT2D eigenvalue weighted by Gasteiger charge is 2.09. The van der Waals surface area contributed by atoms with Crippen LogP contribution in [0.25, 0.3) is 0 Å². The first-order chi connectivity index (χ1) is 11.8. The molecule has 1 aromatic carbocycles. The maximum atomic E-state index is 5.36. The van der Waals surface area contributed by atoms with Crippen LogP contribution in [0.5, 0.6) is 0 Å². The van der Waals surface area contributed by atoms with Crippen molar-refractivity contribution < 1.29 is 4.74 Å². The van der Waals surface area contributed by atoms with E-state index in [1.807, 2.05) is 18.8 Å². The van der Waals surface area contributed by atoms with E-state index in [9.17, 15) is 0 Å². The first-order valence-corrected chi connectivity index (χ1v) is 9.81. The highest BCUT2D eigenvalue weighted by Crippen LogP contribution is 2.12. The van der Waals surface area contributed by atoms with Crippen molar-refractivity contribution in [1.29, 1.82) is 0 Å². The predicted octanol–water partition coefficient (Wildman–Crippen LogP) is 2.34. The first kappa shape index (κ1) is 22.5. The molecule has 1 fully saturated rings. The molecule has 0 saturated carbocycles. The van der Waals surface area contributed by atoms with Gasteiger partial charge in [0.2, 0.25) is 0 Å². The van der Waals surface area contributed by atoms with Crippen molar-refractivity contribution in [2.75, 3.05) is 58.7 Å². The molecule has 0 unspecified atom stereocenters. The Kier molecular flexibility index (Phi) is 12.3. The lowest BCUT2D eigenvalue weighted by molar-refractivity contribution is 0.0389. The number of benzene rings is 1. The summed E-state index contributed by atoms with van der Waals surface area (Å²) in [5.74, 6) is 3.02. The van der Waals surface area contributed by atoms with E-state index in [0.29, 0.717) is 0 Å². The summed E-state index contributed by atoms with van der Waals surface area (Å²) in [7, 11) is 1.82. The summed E-state index contributed by atoms with van der Waals surface area (Å²) in [5, 5.41) is 6.76. The Labute approximate surface area is 173 Å². The normalized spacial score (nSPS) is 15.5. The standard InChI is InChI=1S/C18H30N4OS.HI/c1-16-3-5-17(6-4-16)15-24-14-8-21-18(19-2)20-7-9-22-10-12-23-13-11-22;/h3-6H,7-15H2,1-2H3,(H2,19,20,21);1H. The number of hydrogen-bond acceptors (Lipinski definition) is 4. The zero-order valence-corrected chi connectivity index (χ0v) is 18.4. The van der Waals surface area contributed by atoms with E-state index >= 15 is 0 Å². The Bertz CT molecular complexity index is 492. The van der Waals surface area contributed by atoms with E-state index in [2.05, 4.69) is 51.7 Å². The predicted molar refractivity (Wildman–Crippen MR) is 119 cm³/mol. The number of nitrogens with zero attached hydrogens (tertiary/aromatic N) is 2. The van der Waals surface area contributed by atoms with Gasteiger partial charge in [0, 0.05) is 51.3 Å². The van der Waals surface area contributed by atoms with Gasteiger partial charge in [-0.1, -0.05) is 29.8 Å². The van der Waals surface area contributed by atoms with E-state index < -0.39 is 0 Å². The van der Waals surface area contributed by atoms with Gasteiger partial charge in [-0.05, 0) is 12.5 Å². The summed E-state index contributed by atoms with van der Waals surface area (Å²) in [6.07, 6.45) is 0. The van der Waals surface area contributed by atoms with Crippen LogP contribution in [-0.4, -0.2) is 69.6 Å². The Morgan fingerprint density at radius 2 is 1.84 bits per heavy atom. The Morgan fingerprint density at radius 3 is 2.52 bits per heavy atom. The van der Waals surface area contributed by atoms with Gasteiger partial charge < -0.3 is 15.4 Å². The molecule has 0 aliphatic carbocycles. The molecule has 0 spiro atoms. The minimum Gasteiger partial charge on any atom is -0.379 e. The van der Waals surface area contributed by atoms with Gasteiger partial charge in [0.25, 0.3) is 0 Å². The summed E-state index contributed by atoms with van der Waals surface area (Å²) in [6.45, 7) is 8.76. The van der Waals surface area contributed by atoms with Gasteiger partial charge in [-0.25, -0.2) is 0 Å². The van der Waals surface area contributed by atoms with Crippen molar-refractivity contribution in [3.8, 4) is 0 Å². The average molecular weight is 478 g/mol. The summed E-state index contributed by atoms with van der Waals surface area (Å²) in [4.78, 5) is 6.70. The number of morpholine rings is 1. The third-order valence-electron chi connectivity index (χ3n) is 3.98. The van der Waals surface area contributed by atoms with Gasteiger partial charge in [-0.2, -0.15) is 11.8 Å². The molecule has 1 aliphatic rings. The van der Waals surface area contributed by atoms with Crippen LogP contribution in [0.15, 0.2) is 29.3 Å². The average Bonchev–Trinajstić information content (AvgIpc) is 2.62. The van der Waals surface area contributed by atoms with Crippen LogP contribution in [0.1, 0.15) is 11.1 Å². The summed E-state index contributed by atoms with van der Waals surface area (Å²) in [5.41, 5.74) is 2.70. The number of guanidine groups is 1. The van der Waals surface area contributed by atoms with E-state index in [1.54, 1.807) is 0 Å². The lowest BCUT2D eigenvalue weighted by Gasteiger charge is -2.26. The maximum absolute atomic E-state index is 5.36. The Morgan fingerprint density at radius 1 is 1.16 bits per heavy atom. The van der Waals surface area contributed by atoms with Crippen molar-refractivity contribution in [3.63, 3.8) is 0 Å². The van der Waals surface area contributed by atoms with Crippen LogP contribution in [0.4, 0.5) is 0 Å². The monoisotopic (exact) mass is 478 g/mol. The molecule has 0 aromatic heterocycles. The van der Waals surface area contributed by atoms with Crippen molar-refractivity contribution in [2.45, 2.75) is 12.7 Å². The zero-order chi connectivity index (χ0) is 17.0. The lowest BCUT2D eigenvalue weighted by atomic mass is 10.2. The van der Waals surface area contributed by atoms with Crippen molar-refractivity contribution in [2.24, 2.45) is 4.99 Å². The third-order valence-corrected chi connectivity index (χ3v) is 5.01. The minimum absolute atomic E-state index is 0. The zero-order valence-electron chi connectivity index (χ0n) is 15.3. The second kappa shape index (κ2) is 13.7. The molecule has 0 bridgehead atoms. The second-order valence-electron chi connectivity index (χ2n) is 5.92. The number of aryl methyl sites for hydroxylation is 1. The Hall–Kier alpha value is -0.510. The number of aliphatic imine (C=N–C) groups is 1. The molecular formula is C18H31IN4OS. The van der Waals surface area contributed by atoms with Crippen molar-refractivity contribution >= 4 is 41.7 Å². The molecule has 25 heavy (non-hydrogen) atoms. The van der Waals surface area contributed by atoms with Gasteiger partial charge in [-0.15, -0.1) is 24.0 Å². The fraction of sp³-hybridized carbons (Fsp3) is 0.611. The molecule has 0 atom stereocenters. The number of ether oxygens (including phenoxy) is 1. The third kappa shape index (κ3) is 9.67. The fourth-order valence-electron chi connectivity index (χ4n) is 2.49. The quantitative estimate of drug-likeness (QED) is 0.260. The van der Waals surface area contributed by atoms with Crippen LogP contribution in [-0.2, 0) is 10.5 Å². The number of thioether (sulfide) groups is 1. The van der Waals surface area contributed by atoms with E-state index in [1.165, 1.54) is 11.1 Å². The molecule has 1 aromatic rings. The number of nitrogens with one attached hydrogen (secondary N) is 2. The molecular weight excluding hydrogens is 447 g/mol. The van der Waals surface area contributed by atoms with Crippen LogP contribution >= 0.6 is 35.7 Å². The van der Waals surface area contributed by atoms with Crippen LogP contribution < -0.4 is 10.6 Å². The number of halogens is 1. The molecule has 0 radical (unpaired) electrons. The summed E-state index contributed by atoms with van der Waals surface area (Å²) in [6, 6.07) is 8.77. The van der Waals surface area contributed by atoms with E-state index in [-0.39, 0.29) is 24.0 Å². The lowest BCUT2D eigenvalue weighted by Crippen LogP contribution is -2.44. The molecule has 1 saturated heterocycles. The summed E-state index contributed by atoms with van der Waals surface area (Å²) >= 11 is 1.94. The van der Waals surface area contributed by atoms with Crippen LogP contribution in [0.3, 0.4) is 0 Å². The largest absolute Gasteiger partial charge is 0.379 e. The van der Waals surface area contributed by atoms with Crippen LogP contribution in [0, 0.1) is 6.92 Å². The van der Waals surface area contributed by atoms with Gasteiger partial charge in [0.1, 0.15) is 0 Å². The molecule has 7 heteroatoms. The van der Waals surface area contributed by atoms with Gasteiger partial charge in [0.15, 0.2) is 5.96 Å². The minimum atomic E-state index is 0. The molecule has 2 rings (SSSR count). The topological polar surface area (TPSA) is 48.9 Å². The molecule has 5 nitrogen and oxygen atoms in total. The van der Waals surface area contributed by atoms with Crippen molar-refractivity contribution in [1.82, 2.24) is 15.5 Å². The fourth-order valence-corrected chi connectivity index (χ4v) is 3.31. The molecule has 142 valence electrons.